The lowest BCUT2D eigenvalue weighted by Crippen LogP contribution is -2.03. The van der Waals surface area contributed by atoms with Gasteiger partial charge in [0.05, 0.1) is 12.0 Å². The van der Waals surface area contributed by atoms with Crippen LogP contribution in [0.15, 0.2) is 24.9 Å². The molecule has 2 aromatic heterocycles. The number of imidazole rings is 1. The SMILES string of the molecule is BrCc1cn(CCCn2ccnc2)nn1. The van der Waals surface area contributed by atoms with E-state index in [4.69, 9.17) is 0 Å². The van der Waals surface area contributed by atoms with E-state index in [-0.39, 0.29) is 0 Å². The third-order valence-electron chi connectivity index (χ3n) is 2.09. The molecule has 0 aliphatic heterocycles. The van der Waals surface area contributed by atoms with Crippen LogP contribution in [0.1, 0.15) is 12.1 Å². The molecule has 0 saturated heterocycles. The lowest BCUT2D eigenvalue weighted by atomic mass is 10.4. The predicted molar refractivity (Wildman–Crippen MR) is 59.5 cm³/mol. The highest BCUT2D eigenvalue weighted by Crippen LogP contribution is 2.00. The largest absolute Gasteiger partial charge is 0.337 e. The maximum Gasteiger partial charge on any atom is 0.0945 e. The van der Waals surface area contributed by atoms with Crippen molar-refractivity contribution < 1.29 is 0 Å². The molecule has 6 heteroatoms. The molecule has 0 saturated carbocycles. The zero-order chi connectivity index (χ0) is 10.5. The molecule has 0 bridgehead atoms. The number of halogens is 1. The van der Waals surface area contributed by atoms with Crippen molar-refractivity contribution in [3.8, 4) is 0 Å². The average molecular weight is 270 g/mol. The van der Waals surface area contributed by atoms with Crippen LogP contribution in [0.2, 0.25) is 0 Å². The maximum atomic E-state index is 4.02. The first-order valence-corrected chi connectivity index (χ1v) is 5.91. The van der Waals surface area contributed by atoms with E-state index in [0.717, 1.165) is 30.5 Å². The molecule has 0 radical (unpaired) electrons. The summed E-state index contributed by atoms with van der Waals surface area (Å²) >= 11 is 3.34. The second-order valence-corrected chi connectivity index (χ2v) is 3.82. The maximum absolute atomic E-state index is 4.02. The Labute approximate surface area is 96.2 Å². The van der Waals surface area contributed by atoms with Gasteiger partial charge in [-0.15, -0.1) is 5.10 Å². The Hall–Kier alpha value is -1.17. The van der Waals surface area contributed by atoms with Crippen LogP contribution in [0, 0.1) is 0 Å². The molecule has 2 heterocycles. The molecule has 0 aromatic carbocycles. The fourth-order valence-corrected chi connectivity index (χ4v) is 1.60. The normalized spacial score (nSPS) is 10.7. The zero-order valence-electron chi connectivity index (χ0n) is 8.25. The van der Waals surface area contributed by atoms with Crippen molar-refractivity contribution in [1.29, 1.82) is 0 Å². The van der Waals surface area contributed by atoms with Gasteiger partial charge in [-0.1, -0.05) is 21.1 Å². The molecule has 0 N–H and O–H groups in total. The minimum atomic E-state index is 0.758. The molecule has 5 nitrogen and oxygen atoms in total. The summed E-state index contributed by atoms with van der Waals surface area (Å²) in [6.07, 6.45) is 8.57. The number of alkyl halides is 1. The van der Waals surface area contributed by atoms with Crippen LogP contribution in [0.5, 0.6) is 0 Å². The monoisotopic (exact) mass is 269 g/mol. The van der Waals surface area contributed by atoms with E-state index in [1.165, 1.54) is 0 Å². The number of rotatable bonds is 5. The van der Waals surface area contributed by atoms with Gasteiger partial charge in [-0.25, -0.2) is 4.98 Å². The Morgan fingerprint density at radius 3 is 2.93 bits per heavy atom. The Bertz CT molecular complexity index is 394. The third-order valence-corrected chi connectivity index (χ3v) is 2.66. The number of aryl methyl sites for hydroxylation is 2. The second kappa shape index (κ2) is 5.06. The minimum absolute atomic E-state index is 0.758. The van der Waals surface area contributed by atoms with E-state index in [0.29, 0.717) is 0 Å². The Morgan fingerprint density at radius 1 is 1.33 bits per heavy atom. The molecule has 15 heavy (non-hydrogen) atoms. The average Bonchev–Trinajstić information content (AvgIpc) is 2.88. The molecular weight excluding hydrogens is 258 g/mol. The van der Waals surface area contributed by atoms with Gasteiger partial charge in [0.2, 0.25) is 0 Å². The first-order chi connectivity index (χ1) is 7.38. The van der Waals surface area contributed by atoms with Gasteiger partial charge < -0.3 is 4.57 Å². The molecule has 0 amide bonds. The van der Waals surface area contributed by atoms with Gasteiger partial charge in [-0.05, 0) is 6.42 Å². The molecular formula is C9H12BrN5. The van der Waals surface area contributed by atoms with Crippen LogP contribution < -0.4 is 0 Å². The van der Waals surface area contributed by atoms with Crippen LogP contribution in [-0.2, 0) is 18.4 Å². The van der Waals surface area contributed by atoms with E-state index >= 15 is 0 Å². The summed E-state index contributed by atoms with van der Waals surface area (Å²) in [6.45, 7) is 1.85. The minimum Gasteiger partial charge on any atom is -0.337 e. The van der Waals surface area contributed by atoms with Crippen molar-refractivity contribution in [2.45, 2.75) is 24.8 Å². The lowest BCUT2D eigenvalue weighted by Gasteiger charge is -2.01. The summed E-state index contributed by atoms with van der Waals surface area (Å²) < 4.78 is 3.93. The van der Waals surface area contributed by atoms with E-state index in [9.17, 15) is 0 Å². The molecule has 0 unspecified atom stereocenters. The Kier molecular flexibility index (Phi) is 3.49. The van der Waals surface area contributed by atoms with E-state index in [2.05, 4.69) is 35.8 Å². The molecule has 2 rings (SSSR count). The van der Waals surface area contributed by atoms with Gasteiger partial charge in [0.25, 0.3) is 0 Å². The fraction of sp³-hybridized carbons (Fsp3) is 0.444. The van der Waals surface area contributed by atoms with Crippen LogP contribution in [-0.4, -0.2) is 24.5 Å². The molecule has 0 aliphatic carbocycles. The number of nitrogens with zero attached hydrogens (tertiary/aromatic N) is 5. The van der Waals surface area contributed by atoms with Crippen LogP contribution in [0.3, 0.4) is 0 Å². The number of hydrogen-bond donors (Lipinski definition) is 0. The zero-order valence-corrected chi connectivity index (χ0v) is 9.84. The first kappa shape index (κ1) is 10.4. The second-order valence-electron chi connectivity index (χ2n) is 3.26. The van der Waals surface area contributed by atoms with Gasteiger partial charge in [0.15, 0.2) is 0 Å². The first-order valence-electron chi connectivity index (χ1n) is 4.79. The Morgan fingerprint density at radius 2 is 2.27 bits per heavy atom. The van der Waals surface area contributed by atoms with Gasteiger partial charge in [-0.2, -0.15) is 0 Å². The fourth-order valence-electron chi connectivity index (χ4n) is 1.34. The highest BCUT2D eigenvalue weighted by Gasteiger charge is 1.98. The van der Waals surface area contributed by atoms with Gasteiger partial charge in [-0.3, -0.25) is 4.68 Å². The van der Waals surface area contributed by atoms with Crippen LogP contribution >= 0.6 is 15.9 Å². The van der Waals surface area contributed by atoms with Crippen LogP contribution in [0.25, 0.3) is 0 Å². The van der Waals surface area contributed by atoms with Gasteiger partial charge in [0.1, 0.15) is 0 Å². The summed E-state index contributed by atoms with van der Waals surface area (Å²) in [5.41, 5.74) is 0.970. The molecule has 80 valence electrons. The predicted octanol–water partition coefficient (Wildman–Crippen LogP) is 1.46. The summed E-state index contributed by atoms with van der Waals surface area (Å²) in [4.78, 5) is 3.99. The van der Waals surface area contributed by atoms with Crippen molar-refractivity contribution in [2.75, 3.05) is 0 Å². The number of hydrogen-bond acceptors (Lipinski definition) is 3. The highest BCUT2D eigenvalue weighted by molar-refractivity contribution is 9.08. The van der Waals surface area contributed by atoms with Crippen molar-refractivity contribution >= 4 is 15.9 Å². The van der Waals surface area contributed by atoms with Gasteiger partial charge >= 0.3 is 0 Å². The topological polar surface area (TPSA) is 48.5 Å². The highest BCUT2D eigenvalue weighted by atomic mass is 79.9. The molecule has 0 aliphatic rings. The Balaban J connectivity index is 1.78. The molecule has 0 fully saturated rings. The number of aromatic nitrogens is 5. The van der Waals surface area contributed by atoms with E-state index in [1.807, 2.05) is 23.4 Å². The quantitative estimate of drug-likeness (QED) is 0.773. The lowest BCUT2D eigenvalue weighted by molar-refractivity contribution is 0.514. The van der Waals surface area contributed by atoms with Crippen molar-refractivity contribution in [2.24, 2.45) is 0 Å². The third kappa shape index (κ3) is 2.89. The summed E-state index contributed by atoms with van der Waals surface area (Å²) in [5.74, 6) is 0. The molecule has 0 spiro atoms. The van der Waals surface area contributed by atoms with E-state index in [1.54, 1.807) is 6.20 Å². The van der Waals surface area contributed by atoms with E-state index < -0.39 is 0 Å². The standard InChI is InChI=1S/C9H12BrN5/c10-6-9-7-15(13-12-9)4-1-3-14-5-2-11-8-14/h2,5,7-8H,1,3-4,6H2. The van der Waals surface area contributed by atoms with Crippen molar-refractivity contribution in [1.82, 2.24) is 24.5 Å². The summed E-state index contributed by atoms with van der Waals surface area (Å²) in [5, 5.41) is 8.77. The van der Waals surface area contributed by atoms with Crippen molar-refractivity contribution in [3.05, 3.63) is 30.6 Å². The summed E-state index contributed by atoms with van der Waals surface area (Å²) in [6, 6.07) is 0. The van der Waals surface area contributed by atoms with Crippen LogP contribution in [0.4, 0.5) is 0 Å². The molecule has 2 aromatic rings. The summed E-state index contributed by atoms with van der Waals surface area (Å²) in [7, 11) is 0. The smallest absolute Gasteiger partial charge is 0.0945 e. The van der Waals surface area contributed by atoms with Gasteiger partial charge in [0, 0.05) is 37.0 Å². The van der Waals surface area contributed by atoms with Crippen molar-refractivity contribution in [3.63, 3.8) is 0 Å². The molecule has 0 atom stereocenters.